The molecule has 40 heavy (non-hydrogen) atoms. The van der Waals surface area contributed by atoms with E-state index < -0.39 is 5.82 Å². The number of nitrogens with zero attached hydrogens (tertiary/aromatic N) is 5. The molecule has 3 aromatic carbocycles. The van der Waals surface area contributed by atoms with Gasteiger partial charge in [-0.15, -0.1) is 16.8 Å². The molecule has 2 heterocycles. The smallest absolute Gasteiger partial charge is 0.254 e. The van der Waals surface area contributed by atoms with Gasteiger partial charge < -0.3 is 14.7 Å². The minimum Gasteiger partial charge on any atom is -0.352 e. The Kier molecular flexibility index (Phi) is 8.25. The van der Waals surface area contributed by atoms with Gasteiger partial charge in [0.2, 0.25) is 5.91 Å². The van der Waals surface area contributed by atoms with Crippen LogP contribution in [0.15, 0.2) is 104 Å². The summed E-state index contributed by atoms with van der Waals surface area (Å²) in [5, 5.41) is 8.89. The molecular weight excluding hydrogens is 505 g/mol. The van der Waals surface area contributed by atoms with Crippen molar-refractivity contribution in [3.8, 4) is 22.4 Å². The Morgan fingerprint density at radius 1 is 0.800 bits per heavy atom. The van der Waals surface area contributed by atoms with E-state index in [-0.39, 0.29) is 24.9 Å². The van der Waals surface area contributed by atoms with Crippen LogP contribution < -0.4 is 4.90 Å². The first-order chi connectivity index (χ1) is 19.5. The summed E-state index contributed by atoms with van der Waals surface area (Å²) in [6.07, 6.45) is 1.58. The summed E-state index contributed by atoms with van der Waals surface area (Å²) in [4.78, 5) is 31.2. The fourth-order valence-electron chi connectivity index (χ4n) is 4.71. The molecule has 1 aliphatic rings. The quantitative estimate of drug-likeness (QED) is 0.300. The van der Waals surface area contributed by atoms with Crippen molar-refractivity contribution in [1.82, 2.24) is 20.0 Å². The molecule has 1 fully saturated rings. The topological polar surface area (TPSA) is 69.6 Å². The van der Waals surface area contributed by atoms with E-state index in [0.717, 1.165) is 22.6 Å². The number of carbonyl (C=O) groups excluding carboxylic acids is 2. The first-order valence-corrected chi connectivity index (χ1v) is 13.2. The monoisotopic (exact) mass is 535 g/mol. The molecule has 0 atom stereocenters. The van der Waals surface area contributed by atoms with E-state index >= 15 is 0 Å². The Bertz CT molecular complexity index is 1450. The molecule has 8 heteroatoms. The standard InChI is InChI=1S/C32H30FN5O2/c1-2-18-38(32(40)27-12-14-28(33)15-13-27)23-31(39)37-21-19-36(20-22-37)30-17-16-29(34-35-30)26-10-8-25(9-11-26)24-6-4-3-5-7-24/h2-17H,1,18-23H2. The van der Waals surface area contributed by atoms with Crippen LogP contribution in [-0.2, 0) is 4.79 Å². The number of carbonyl (C=O) groups is 2. The van der Waals surface area contributed by atoms with Crippen molar-refractivity contribution in [3.05, 3.63) is 115 Å². The van der Waals surface area contributed by atoms with Crippen LogP contribution >= 0.6 is 0 Å². The van der Waals surface area contributed by atoms with Crippen molar-refractivity contribution in [1.29, 1.82) is 0 Å². The van der Waals surface area contributed by atoms with Crippen molar-refractivity contribution in [3.63, 3.8) is 0 Å². The molecule has 2 amide bonds. The Morgan fingerprint density at radius 2 is 1.45 bits per heavy atom. The van der Waals surface area contributed by atoms with Crippen LogP contribution in [-0.4, -0.2) is 71.1 Å². The van der Waals surface area contributed by atoms with Gasteiger partial charge in [0.05, 0.1) is 5.69 Å². The Labute approximate surface area is 233 Å². The lowest BCUT2D eigenvalue weighted by Gasteiger charge is -2.36. The van der Waals surface area contributed by atoms with Gasteiger partial charge in [-0.25, -0.2) is 4.39 Å². The van der Waals surface area contributed by atoms with Crippen LogP contribution in [0.2, 0.25) is 0 Å². The highest BCUT2D eigenvalue weighted by Crippen LogP contribution is 2.24. The van der Waals surface area contributed by atoms with Crippen LogP contribution in [0.3, 0.4) is 0 Å². The fourth-order valence-corrected chi connectivity index (χ4v) is 4.71. The number of halogens is 1. The highest BCUT2D eigenvalue weighted by atomic mass is 19.1. The number of anilines is 1. The molecule has 0 aliphatic carbocycles. The molecule has 5 rings (SSSR count). The molecule has 4 aromatic rings. The van der Waals surface area contributed by atoms with Gasteiger partial charge in [-0.1, -0.05) is 60.7 Å². The normalized spacial score (nSPS) is 13.1. The lowest BCUT2D eigenvalue weighted by molar-refractivity contribution is -0.132. The van der Waals surface area contributed by atoms with Crippen molar-refractivity contribution in [2.45, 2.75) is 0 Å². The molecule has 0 unspecified atom stereocenters. The SMILES string of the molecule is C=CCN(CC(=O)N1CCN(c2ccc(-c3ccc(-c4ccccc4)cc3)nn2)CC1)C(=O)c1ccc(F)cc1. The second-order valence-electron chi connectivity index (χ2n) is 9.57. The summed E-state index contributed by atoms with van der Waals surface area (Å²) in [6, 6.07) is 27.7. The zero-order valence-corrected chi connectivity index (χ0v) is 22.1. The van der Waals surface area contributed by atoms with Gasteiger partial charge in [-0.05, 0) is 47.5 Å². The minimum absolute atomic E-state index is 0.0696. The molecule has 202 valence electrons. The molecular formula is C32H30FN5O2. The number of benzene rings is 3. The number of hydrogen-bond acceptors (Lipinski definition) is 5. The van der Waals surface area contributed by atoms with E-state index in [0.29, 0.717) is 31.7 Å². The average Bonchev–Trinajstić information content (AvgIpc) is 3.01. The molecule has 1 aromatic heterocycles. The van der Waals surface area contributed by atoms with Crippen molar-refractivity contribution in [2.24, 2.45) is 0 Å². The summed E-state index contributed by atoms with van der Waals surface area (Å²) in [7, 11) is 0. The van der Waals surface area contributed by atoms with Crippen LogP contribution in [0, 0.1) is 5.82 Å². The molecule has 1 saturated heterocycles. The van der Waals surface area contributed by atoms with E-state index in [1.165, 1.54) is 34.7 Å². The maximum absolute atomic E-state index is 13.3. The minimum atomic E-state index is -0.419. The number of amides is 2. The van der Waals surface area contributed by atoms with Gasteiger partial charge in [-0.3, -0.25) is 9.59 Å². The van der Waals surface area contributed by atoms with Crippen LogP contribution in [0.5, 0.6) is 0 Å². The van der Waals surface area contributed by atoms with E-state index in [1.807, 2.05) is 42.5 Å². The van der Waals surface area contributed by atoms with Crippen LogP contribution in [0.25, 0.3) is 22.4 Å². The van der Waals surface area contributed by atoms with Gasteiger partial charge >= 0.3 is 0 Å². The highest BCUT2D eigenvalue weighted by molar-refractivity contribution is 5.96. The number of aromatic nitrogens is 2. The molecule has 1 aliphatic heterocycles. The lowest BCUT2D eigenvalue weighted by atomic mass is 10.0. The second-order valence-corrected chi connectivity index (χ2v) is 9.57. The predicted octanol–water partition coefficient (Wildman–Crippen LogP) is 4.93. The van der Waals surface area contributed by atoms with Gasteiger partial charge in [0.15, 0.2) is 5.82 Å². The summed E-state index contributed by atoms with van der Waals surface area (Å²) in [6.45, 7) is 6.09. The highest BCUT2D eigenvalue weighted by Gasteiger charge is 2.25. The molecule has 0 radical (unpaired) electrons. The van der Waals surface area contributed by atoms with Gasteiger partial charge in [0.25, 0.3) is 5.91 Å². The zero-order valence-electron chi connectivity index (χ0n) is 22.1. The van der Waals surface area contributed by atoms with Gasteiger partial charge in [0, 0.05) is 43.9 Å². The molecule has 0 spiro atoms. The third kappa shape index (κ3) is 6.23. The largest absolute Gasteiger partial charge is 0.352 e. The molecule has 0 N–H and O–H groups in total. The third-order valence-corrected chi connectivity index (χ3v) is 6.95. The Hall–Kier alpha value is -4.85. The van der Waals surface area contributed by atoms with Crippen molar-refractivity contribution in [2.75, 3.05) is 44.2 Å². The van der Waals surface area contributed by atoms with E-state index in [9.17, 15) is 14.0 Å². The summed E-state index contributed by atoms with van der Waals surface area (Å²) in [5.74, 6) is -0.136. The van der Waals surface area contributed by atoms with Gasteiger partial charge in [-0.2, -0.15) is 0 Å². The third-order valence-electron chi connectivity index (χ3n) is 6.95. The van der Waals surface area contributed by atoms with Crippen molar-refractivity contribution >= 4 is 17.6 Å². The van der Waals surface area contributed by atoms with E-state index in [4.69, 9.17) is 0 Å². The summed E-state index contributed by atoms with van der Waals surface area (Å²) >= 11 is 0. The first-order valence-electron chi connectivity index (χ1n) is 13.2. The predicted molar refractivity (Wildman–Crippen MR) is 154 cm³/mol. The van der Waals surface area contributed by atoms with Crippen LogP contribution in [0.1, 0.15) is 10.4 Å². The lowest BCUT2D eigenvalue weighted by Crippen LogP contribution is -2.52. The average molecular weight is 536 g/mol. The van der Waals surface area contributed by atoms with Gasteiger partial charge in [0.1, 0.15) is 12.4 Å². The zero-order chi connectivity index (χ0) is 27.9. The number of hydrogen-bond donors (Lipinski definition) is 0. The Morgan fingerprint density at radius 3 is 2.08 bits per heavy atom. The summed E-state index contributed by atoms with van der Waals surface area (Å²) < 4.78 is 13.3. The molecule has 0 saturated carbocycles. The van der Waals surface area contributed by atoms with Crippen molar-refractivity contribution < 1.29 is 14.0 Å². The van der Waals surface area contributed by atoms with E-state index in [2.05, 4.69) is 45.9 Å². The van der Waals surface area contributed by atoms with Crippen LogP contribution in [0.4, 0.5) is 10.2 Å². The number of piperazine rings is 1. The maximum Gasteiger partial charge on any atom is 0.254 e. The maximum atomic E-state index is 13.3. The molecule has 0 bridgehead atoms. The molecule has 7 nitrogen and oxygen atoms in total. The van der Waals surface area contributed by atoms with E-state index in [1.54, 1.807) is 11.0 Å². The Balaban J connectivity index is 1.16. The first kappa shape index (κ1) is 26.7. The fraction of sp³-hybridized carbons (Fsp3) is 0.188. The second kappa shape index (κ2) is 12.3. The number of rotatable bonds is 8. The summed E-state index contributed by atoms with van der Waals surface area (Å²) in [5.41, 5.74) is 4.43.